The van der Waals surface area contributed by atoms with E-state index in [-0.39, 0.29) is 11.1 Å². The smallest absolute Gasteiger partial charge is 0.123 e. The van der Waals surface area contributed by atoms with E-state index < -0.39 is 6.10 Å². The third-order valence-electron chi connectivity index (χ3n) is 2.68. The van der Waals surface area contributed by atoms with E-state index in [0.29, 0.717) is 11.3 Å². The van der Waals surface area contributed by atoms with Gasteiger partial charge in [0.05, 0.1) is 6.10 Å². The number of hydrogen-bond donors (Lipinski definition) is 2. The Morgan fingerprint density at radius 2 is 2.33 bits per heavy atom. The van der Waals surface area contributed by atoms with Crippen LogP contribution in [0.15, 0.2) is 18.2 Å². The van der Waals surface area contributed by atoms with Crippen molar-refractivity contribution in [2.75, 3.05) is 11.5 Å². The molecule has 4 heteroatoms. The Morgan fingerprint density at radius 1 is 1.53 bits per heavy atom. The highest BCUT2D eigenvalue weighted by atomic mass is 32.2. The first-order valence-electron chi connectivity index (χ1n) is 5.03. The van der Waals surface area contributed by atoms with Crippen LogP contribution < -0.4 is 5.73 Å². The minimum absolute atomic E-state index is 0.161. The van der Waals surface area contributed by atoms with Crippen molar-refractivity contribution in [2.45, 2.75) is 24.2 Å². The van der Waals surface area contributed by atoms with Crippen LogP contribution in [0.3, 0.4) is 0 Å². The molecule has 1 fully saturated rings. The molecule has 1 aliphatic heterocycles. The normalized spacial score (nSPS) is 22.9. The number of hydrogen-bond acceptors (Lipinski definition) is 3. The first-order valence-corrected chi connectivity index (χ1v) is 6.08. The van der Waals surface area contributed by atoms with Crippen molar-refractivity contribution < 1.29 is 9.50 Å². The summed E-state index contributed by atoms with van der Waals surface area (Å²) in [6, 6.07) is 4.15. The number of benzene rings is 1. The fourth-order valence-electron chi connectivity index (χ4n) is 1.85. The molecule has 15 heavy (non-hydrogen) atoms. The van der Waals surface area contributed by atoms with Gasteiger partial charge in [0, 0.05) is 16.5 Å². The van der Waals surface area contributed by atoms with Crippen LogP contribution in [0.1, 0.15) is 24.5 Å². The number of aliphatic hydroxyl groups excluding tert-OH is 1. The lowest BCUT2D eigenvalue weighted by molar-refractivity contribution is 0.173. The van der Waals surface area contributed by atoms with E-state index in [1.54, 1.807) is 11.8 Å². The lowest BCUT2D eigenvalue weighted by Gasteiger charge is -2.19. The molecule has 2 atom stereocenters. The van der Waals surface area contributed by atoms with Gasteiger partial charge in [0.1, 0.15) is 5.82 Å². The van der Waals surface area contributed by atoms with E-state index in [9.17, 15) is 9.50 Å². The number of thioether (sulfide) groups is 1. The average Bonchev–Trinajstić information content (AvgIpc) is 2.74. The summed E-state index contributed by atoms with van der Waals surface area (Å²) in [6.07, 6.45) is 1.44. The minimum Gasteiger partial charge on any atom is -0.398 e. The lowest BCUT2D eigenvalue weighted by atomic mass is 10.0. The van der Waals surface area contributed by atoms with Crippen LogP contribution in [0.5, 0.6) is 0 Å². The molecule has 0 radical (unpaired) electrons. The van der Waals surface area contributed by atoms with Crippen LogP contribution >= 0.6 is 11.8 Å². The molecule has 1 aliphatic rings. The van der Waals surface area contributed by atoms with Gasteiger partial charge < -0.3 is 10.8 Å². The van der Waals surface area contributed by atoms with Crippen molar-refractivity contribution in [3.05, 3.63) is 29.6 Å². The zero-order valence-electron chi connectivity index (χ0n) is 8.32. The van der Waals surface area contributed by atoms with Gasteiger partial charge in [-0.3, -0.25) is 0 Å². The zero-order valence-corrected chi connectivity index (χ0v) is 9.14. The third kappa shape index (κ3) is 2.26. The standard InChI is InChI=1S/C11H14FNOS/c12-7-3-4-9(13)8(6-7)11(14)10-2-1-5-15-10/h3-4,6,10-11,14H,1-2,5,13H2. The first kappa shape index (κ1) is 10.8. The number of nitrogens with two attached hydrogens (primary N) is 1. The predicted octanol–water partition coefficient (Wildman–Crippen LogP) is 2.34. The Hall–Kier alpha value is -0.740. The van der Waals surface area contributed by atoms with Crippen LogP contribution in [-0.2, 0) is 0 Å². The van der Waals surface area contributed by atoms with Crippen molar-refractivity contribution >= 4 is 17.4 Å². The monoisotopic (exact) mass is 227 g/mol. The van der Waals surface area contributed by atoms with E-state index >= 15 is 0 Å². The molecule has 0 bridgehead atoms. The van der Waals surface area contributed by atoms with Gasteiger partial charge in [-0.25, -0.2) is 4.39 Å². The molecule has 1 heterocycles. The quantitative estimate of drug-likeness (QED) is 0.762. The van der Waals surface area contributed by atoms with Crippen molar-refractivity contribution in [3.8, 4) is 0 Å². The largest absolute Gasteiger partial charge is 0.398 e. The van der Waals surface area contributed by atoms with Crippen LogP contribution in [0, 0.1) is 5.82 Å². The van der Waals surface area contributed by atoms with Gasteiger partial charge >= 0.3 is 0 Å². The van der Waals surface area contributed by atoms with Crippen molar-refractivity contribution in [1.29, 1.82) is 0 Å². The molecular weight excluding hydrogens is 213 g/mol. The molecule has 1 saturated heterocycles. The molecule has 0 aliphatic carbocycles. The molecule has 3 N–H and O–H groups in total. The molecule has 2 rings (SSSR count). The van der Waals surface area contributed by atoms with E-state index in [4.69, 9.17) is 5.73 Å². The van der Waals surface area contributed by atoms with Crippen LogP contribution in [0.25, 0.3) is 0 Å². The van der Waals surface area contributed by atoms with E-state index in [2.05, 4.69) is 0 Å². The lowest BCUT2D eigenvalue weighted by Crippen LogP contribution is -2.13. The molecule has 2 unspecified atom stereocenters. The number of nitrogen functional groups attached to an aromatic ring is 1. The Labute approximate surface area is 92.7 Å². The number of anilines is 1. The van der Waals surface area contributed by atoms with Gasteiger partial charge in [0.15, 0.2) is 0 Å². The van der Waals surface area contributed by atoms with Crippen molar-refractivity contribution in [2.24, 2.45) is 0 Å². The second-order valence-corrected chi connectivity index (χ2v) is 5.12. The zero-order chi connectivity index (χ0) is 10.8. The number of aliphatic hydroxyl groups is 1. The Bertz CT molecular complexity index is 352. The Morgan fingerprint density at radius 3 is 3.00 bits per heavy atom. The number of rotatable bonds is 2. The summed E-state index contributed by atoms with van der Waals surface area (Å²) >= 11 is 1.73. The Kier molecular flexibility index (Phi) is 3.17. The topological polar surface area (TPSA) is 46.2 Å². The fraction of sp³-hybridized carbons (Fsp3) is 0.455. The SMILES string of the molecule is Nc1ccc(F)cc1C(O)C1CCCS1. The van der Waals surface area contributed by atoms with Gasteiger partial charge in [-0.2, -0.15) is 11.8 Å². The molecule has 1 aromatic carbocycles. The molecule has 1 aromatic rings. The first-order chi connectivity index (χ1) is 7.18. The second-order valence-electron chi connectivity index (χ2n) is 3.77. The Balaban J connectivity index is 2.23. The summed E-state index contributed by atoms with van der Waals surface area (Å²) in [6.45, 7) is 0. The average molecular weight is 227 g/mol. The molecule has 0 saturated carbocycles. The molecular formula is C11H14FNOS. The minimum atomic E-state index is -0.645. The highest BCUT2D eigenvalue weighted by molar-refractivity contribution is 8.00. The van der Waals surface area contributed by atoms with E-state index in [0.717, 1.165) is 18.6 Å². The summed E-state index contributed by atoms with van der Waals surface area (Å²) in [5, 5.41) is 10.2. The maximum atomic E-state index is 13.0. The molecule has 2 nitrogen and oxygen atoms in total. The molecule has 82 valence electrons. The molecule has 0 aromatic heterocycles. The number of halogens is 1. The van der Waals surface area contributed by atoms with Gasteiger partial charge in [-0.05, 0) is 36.8 Å². The van der Waals surface area contributed by atoms with Gasteiger partial charge in [-0.1, -0.05) is 0 Å². The van der Waals surface area contributed by atoms with Crippen molar-refractivity contribution in [1.82, 2.24) is 0 Å². The molecule has 0 spiro atoms. The fourth-order valence-corrected chi connectivity index (χ4v) is 3.15. The maximum Gasteiger partial charge on any atom is 0.123 e. The third-order valence-corrected chi connectivity index (χ3v) is 4.13. The second kappa shape index (κ2) is 4.41. The van der Waals surface area contributed by atoms with Crippen LogP contribution in [0.4, 0.5) is 10.1 Å². The van der Waals surface area contributed by atoms with Crippen LogP contribution in [0.2, 0.25) is 0 Å². The van der Waals surface area contributed by atoms with Crippen LogP contribution in [-0.4, -0.2) is 16.1 Å². The summed E-state index contributed by atoms with van der Waals surface area (Å²) < 4.78 is 13.0. The van der Waals surface area contributed by atoms with E-state index in [1.807, 2.05) is 0 Å². The molecule has 0 amide bonds. The summed E-state index contributed by atoms with van der Waals surface area (Å²) in [7, 11) is 0. The summed E-state index contributed by atoms with van der Waals surface area (Å²) in [4.78, 5) is 0. The van der Waals surface area contributed by atoms with Gasteiger partial charge in [0.25, 0.3) is 0 Å². The summed E-state index contributed by atoms with van der Waals surface area (Å²) in [5.74, 6) is 0.720. The van der Waals surface area contributed by atoms with E-state index in [1.165, 1.54) is 18.2 Å². The van der Waals surface area contributed by atoms with Gasteiger partial charge in [-0.15, -0.1) is 0 Å². The highest BCUT2D eigenvalue weighted by Gasteiger charge is 2.26. The summed E-state index contributed by atoms with van der Waals surface area (Å²) in [5.41, 5.74) is 6.71. The highest BCUT2D eigenvalue weighted by Crippen LogP contribution is 2.37. The predicted molar refractivity (Wildman–Crippen MR) is 61.3 cm³/mol. The van der Waals surface area contributed by atoms with Crippen molar-refractivity contribution in [3.63, 3.8) is 0 Å². The van der Waals surface area contributed by atoms with Gasteiger partial charge in [0.2, 0.25) is 0 Å². The maximum absolute atomic E-state index is 13.0.